The molecule has 1 aromatic heterocycles. The molecule has 0 fully saturated rings. The molecule has 1 heterocycles. The number of hydrogen-bond acceptors (Lipinski definition) is 2. The lowest BCUT2D eigenvalue weighted by molar-refractivity contribution is 0.394. The first-order valence-corrected chi connectivity index (χ1v) is 16.7. The molecular weight excluding hydrogens is 563 g/mol. The summed E-state index contributed by atoms with van der Waals surface area (Å²) in [5.41, 5.74) is 8.94. The molecule has 0 spiro atoms. The van der Waals surface area contributed by atoms with Crippen molar-refractivity contribution in [3.05, 3.63) is 163 Å². The van der Waals surface area contributed by atoms with Crippen LogP contribution in [0.5, 0.6) is 0 Å². The fourth-order valence-corrected chi connectivity index (χ4v) is 8.99. The van der Waals surface area contributed by atoms with Gasteiger partial charge in [0, 0.05) is 43.2 Å². The standard InChI is InChI=1S/C43H33NS/c1-43(2)38-14-8-6-12-35(38)36-24-22-33(27-39(36)43)44(31-19-16-29(17-20-31)28-10-4-3-5-11-28)32-21-23-34-30(26-32)18-25-41-42(34)37-13-7-9-15-40(37)45-41/h3-27,35,38H,1-2H3. The van der Waals surface area contributed by atoms with Gasteiger partial charge in [0.15, 0.2) is 0 Å². The Kier molecular flexibility index (Phi) is 5.92. The molecule has 0 aliphatic heterocycles. The third kappa shape index (κ3) is 4.13. The maximum absolute atomic E-state index is 2.46. The van der Waals surface area contributed by atoms with Gasteiger partial charge in [-0.05, 0) is 92.9 Å². The van der Waals surface area contributed by atoms with Crippen LogP contribution < -0.4 is 4.90 Å². The maximum atomic E-state index is 2.46. The van der Waals surface area contributed by atoms with Crippen LogP contribution in [0.15, 0.2) is 152 Å². The Bertz CT molecular complexity index is 2300. The normalized spacial score (nSPS) is 18.0. The fourth-order valence-electron chi connectivity index (χ4n) is 7.87. The highest BCUT2D eigenvalue weighted by molar-refractivity contribution is 7.26. The molecule has 0 saturated carbocycles. The minimum absolute atomic E-state index is 0.0507. The summed E-state index contributed by atoms with van der Waals surface area (Å²) in [5, 5.41) is 5.28. The largest absolute Gasteiger partial charge is 0.310 e. The Balaban J connectivity index is 1.22. The number of nitrogens with zero attached hydrogens (tertiary/aromatic N) is 1. The van der Waals surface area contributed by atoms with E-state index < -0.39 is 0 Å². The maximum Gasteiger partial charge on any atom is 0.0468 e. The zero-order valence-electron chi connectivity index (χ0n) is 25.4. The first kappa shape index (κ1) is 26.5. The average molecular weight is 596 g/mol. The van der Waals surface area contributed by atoms with Crippen molar-refractivity contribution in [2.45, 2.75) is 25.2 Å². The molecule has 2 heteroatoms. The molecule has 1 nitrogen and oxygen atoms in total. The van der Waals surface area contributed by atoms with Crippen molar-refractivity contribution in [2.24, 2.45) is 5.92 Å². The Labute approximate surface area is 268 Å². The summed E-state index contributed by atoms with van der Waals surface area (Å²) in [5.74, 6) is 0.922. The van der Waals surface area contributed by atoms with E-state index in [9.17, 15) is 0 Å². The summed E-state index contributed by atoms with van der Waals surface area (Å²) in [6, 6.07) is 47.2. The van der Waals surface area contributed by atoms with E-state index in [2.05, 4.69) is 170 Å². The molecule has 0 radical (unpaired) electrons. The lowest BCUT2D eigenvalue weighted by Crippen LogP contribution is -2.24. The molecule has 2 aliphatic carbocycles. The summed E-state index contributed by atoms with van der Waals surface area (Å²) >= 11 is 1.88. The first-order chi connectivity index (χ1) is 22.1. The van der Waals surface area contributed by atoms with Crippen molar-refractivity contribution < 1.29 is 0 Å². The number of anilines is 3. The second kappa shape index (κ2) is 10.1. The van der Waals surface area contributed by atoms with Gasteiger partial charge in [-0.2, -0.15) is 0 Å². The van der Waals surface area contributed by atoms with Crippen LogP contribution in [0, 0.1) is 5.92 Å². The molecule has 0 saturated heterocycles. The van der Waals surface area contributed by atoms with E-state index in [-0.39, 0.29) is 5.41 Å². The molecule has 2 atom stereocenters. The van der Waals surface area contributed by atoms with E-state index in [4.69, 9.17) is 0 Å². The molecule has 9 rings (SSSR count). The second-order valence-electron chi connectivity index (χ2n) is 13.0. The fraction of sp³-hybridized carbons (Fsp3) is 0.116. The predicted molar refractivity (Wildman–Crippen MR) is 194 cm³/mol. The molecule has 0 N–H and O–H groups in total. The van der Waals surface area contributed by atoms with Gasteiger partial charge in [-0.1, -0.05) is 117 Å². The van der Waals surface area contributed by atoms with Crippen molar-refractivity contribution in [3.8, 4) is 11.1 Å². The third-order valence-corrected chi connectivity index (χ3v) is 11.3. The highest BCUT2D eigenvalue weighted by atomic mass is 32.1. The predicted octanol–water partition coefficient (Wildman–Crippen LogP) is 12.5. The van der Waals surface area contributed by atoms with E-state index in [0.29, 0.717) is 11.8 Å². The minimum Gasteiger partial charge on any atom is -0.310 e. The quantitative estimate of drug-likeness (QED) is 0.196. The summed E-state index contributed by atoms with van der Waals surface area (Å²) < 4.78 is 2.69. The van der Waals surface area contributed by atoms with Gasteiger partial charge in [0.2, 0.25) is 0 Å². The summed E-state index contributed by atoms with van der Waals surface area (Å²) in [7, 11) is 0. The number of rotatable bonds is 4. The van der Waals surface area contributed by atoms with Crippen molar-refractivity contribution in [2.75, 3.05) is 4.90 Å². The molecule has 0 bridgehead atoms. The number of fused-ring (bicyclic) bond motifs is 8. The molecule has 2 unspecified atom stereocenters. The molecule has 2 aliphatic rings. The van der Waals surface area contributed by atoms with Gasteiger partial charge in [0.1, 0.15) is 0 Å². The van der Waals surface area contributed by atoms with Gasteiger partial charge in [-0.3, -0.25) is 0 Å². The molecule has 6 aromatic carbocycles. The second-order valence-corrected chi connectivity index (χ2v) is 14.1. The van der Waals surface area contributed by atoms with Crippen LogP contribution in [0.1, 0.15) is 30.9 Å². The highest BCUT2D eigenvalue weighted by Gasteiger charge is 2.44. The molecule has 0 amide bonds. The van der Waals surface area contributed by atoms with Gasteiger partial charge >= 0.3 is 0 Å². The van der Waals surface area contributed by atoms with Gasteiger partial charge in [0.25, 0.3) is 0 Å². The smallest absolute Gasteiger partial charge is 0.0468 e. The lowest BCUT2D eigenvalue weighted by Gasteiger charge is -2.30. The lowest BCUT2D eigenvalue weighted by atomic mass is 9.74. The van der Waals surface area contributed by atoms with Crippen LogP contribution in [-0.2, 0) is 5.41 Å². The molecule has 7 aromatic rings. The Morgan fingerprint density at radius 2 is 1.29 bits per heavy atom. The average Bonchev–Trinajstić information content (AvgIpc) is 3.58. The van der Waals surface area contributed by atoms with Crippen molar-refractivity contribution in [1.29, 1.82) is 0 Å². The minimum atomic E-state index is 0.0507. The summed E-state index contributed by atoms with van der Waals surface area (Å²) in [6.45, 7) is 4.82. The van der Waals surface area contributed by atoms with Crippen molar-refractivity contribution in [1.82, 2.24) is 0 Å². The highest BCUT2D eigenvalue weighted by Crippen LogP contribution is 2.54. The SMILES string of the molecule is CC1(C)c2cc(N(c3ccc(-c4ccccc4)cc3)c3ccc4c(ccc5sc6ccccc6c54)c3)ccc2C2C=CC=CC21. The number of benzene rings is 6. The van der Waals surface area contributed by atoms with Crippen LogP contribution >= 0.6 is 11.3 Å². The van der Waals surface area contributed by atoms with Crippen molar-refractivity contribution in [3.63, 3.8) is 0 Å². The monoisotopic (exact) mass is 595 g/mol. The van der Waals surface area contributed by atoms with Crippen LogP contribution in [0.4, 0.5) is 17.1 Å². The number of hydrogen-bond donors (Lipinski definition) is 0. The Morgan fingerprint density at radius 1 is 0.578 bits per heavy atom. The summed E-state index contributed by atoms with van der Waals surface area (Å²) in [4.78, 5) is 2.44. The van der Waals surface area contributed by atoms with E-state index in [1.807, 2.05) is 11.3 Å². The van der Waals surface area contributed by atoms with Crippen LogP contribution in [0.25, 0.3) is 42.1 Å². The van der Waals surface area contributed by atoms with Gasteiger partial charge in [-0.15, -0.1) is 11.3 Å². The van der Waals surface area contributed by atoms with Crippen LogP contribution in [-0.4, -0.2) is 0 Å². The molecule has 216 valence electrons. The van der Waals surface area contributed by atoms with Gasteiger partial charge < -0.3 is 4.90 Å². The zero-order chi connectivity index (χ0) is 30.1. The van der Waals surface area contributed by atoms with E-state index in [1.54, 1.807) is 0 Å². The van der Waals surface area contributed by atoms with E-state index in [0.717, 1.165) is 5.69 Å². The number of allylic oxidation sites excluding steroid dienone is 4. The zero-order valence-corrected chi connectivity index (χ0v) is 26.3. The van der Waals surface area contributed by atoms with Gasteiger partial charge in [-0.25, -0.2) is 0 Å². The molecule has 45 heavy (non-hydrogen) atoms. The third-order valence-electron chi connectivity index (χ3n) is 10.1. The van der Waals surface area contributed by atoms with Gasteiger partial charge in [0.05, 0.1) is 0 Å². The number of thiophene rings is 1. The Morgan fingerprint density at radius 3 is 2.16 bits per heavy atom. The van der Waals surface area contributed by atoms with E-state index >= 15 is 0 Å². The van der Waals surface area contributed by atoms with Crippen LogP contribution in [0.2, 0.25) is 0 Å². The van der Waals surface area contributed by atoms with Crippen molar-refractivity contribution >= 4 is 59.3 Å². The molecular formula is C43H33NS. The summed E-state index contributed by atoms with van der Waals surface area (Å²) in [6.07, 6.45) is 9.22. The topological polar surface area (TPSA) is 3.24 Å². The van der Waals surface area contributed by atoms with Crippen LogP contribution in [0.3, 0.4) is 0 Å². The Hall–Kier alpha value is -4.92. The van der Waals surface area contributed by atoms with E-state index in [1.165, 1.54) is 64.6 Å². The first-order valence-electron chi connectivity index (χ1n) is 15.9.